The van der Waals surface area contributed by atoms with Crippen LogP contribution in [0.1, 0.15) is 40.5 Å². The van der Waals surface area contributed by atoms with Gasteiger partial charge in [0.1, 0.15) is 5.76 Å². The maximum Gasteiger partial charge on any atom is 0.385 e. The van der Waals surface area contributed by atoms with Crippen LogP contribution in [0.3, 0.4) is 0 Å². The van der Waals surface area contributed by atoms with Crippen LogP contribution < -0.4 is 0 Å². The predicted molar refractivity (Wildman–Crippen MR) is 55.3 cm³/mol. The van der Waals surface area contributed by atoms with E-state index in [4.69, 9.17) is 9.05 Å². The first-order valence-electron chi connectivity index (χ1n) is 5.07. The fourth-order valence-electron chi connectivity index (χ4n) is 2.02. The summed E-state index contributed by atoms with van der Waals surface area (Å²) >= 11 is 0. The van der Waals surface area contributed by atoms with E-state index in [-0.39, 0.29) is 11.3 Å². The molecule has 0 aromatic carbocycles. The average molecular weight is 216 g/mol. The minimum Gasteiger partial charge on any atom is -0.429 e. The Kier molecular flexibility index (Phi) is 2.10. The highest BCUT2D eigenvalue weighted by molar-refractivity contribution is 7.56. The molecule has 14 heavy (non-hydrogen) atoms. The van der Waals surface area contributed by atoms with E-state index >= 15 is 0 Å². The SMILES string of the molecule is CCC1(C)CC2OP1(=O)OC(C)=C2C. The molecular weight excluding hydrogens is 199 g/mol. The molecule has 2 aliphatic rings. The lowest BCUT2D eigenvalue weighted by molar-refractivity contribution is 0.190. The molecule has 0 radical (unpaired) electrons. The van der Waals surface area contributed by atoms with Gasteiger partial charge in [-0.15, -0.1) is 0 Å². The van der Waals surface area contributed by atoms with E-state index in [1.54, 1.807) is 0 Å². The fraction of sp³-hybridized carbons (Fsp3) is 0.800. The van der Waals surface area contributed by atoms with Crippen molar-refractivity contribution in [3.63, 3.8) is 0 Å². The summed E-state index contributed by atoms with van der Waals surface area (Å²) in [6.07, 6.45) is 1.67. The van der Waals surface area contributed by atoms with E-state index in [0.29, 0.717) is 0 Å². The summed E-state index contributed by atoms with van der Waals surface area (Å²) in [6.45, 7) is 7.90. The zero-order valence-electron chi connectivity index (χ0n) is 9.16. The van der Waals surface area contributed by atoms with Crippen LogP contribution in [-0.4, -0.2) is 11.3 Å². The standard InChI is InChI=1S/C10H17O3P/c1-5-10(4)6-9-7(2)8(3)12-14(10,11)13-9/h9H,5-6H2,1-4H3. The van der Waals surface area contributed by atoms with Crippen molar-refractivity contribution in [3.05, 3.63) is 11.3 Å². The molecule has 2 heterocycles. The third kappa shape index (κ3) is 1.12. The first-order valence-corrected chi connectivity index (χ1v) is 6.61. The van der Waals surface area contributed by atoms with E-state index in [9.17, 15) is 4.57 Å². The lowest BCUT2D eigenvalue weighted by Crippen LogP contribution is -2.19. The number of fused-ring (bicyclic) bond motifs is 2. The molecule has 1 saturated heterocycles. The lowest BCUT2D eigenvalue weighted by Gasteiger charge is -2.29. The third-order valence-electron chi connectivity index (χ3n) is 3.61. The molecule has 3 unspecified atom stereocenters. The molecule has 3 atom stereocenters. The summed E-state index contributed by atoms with van der Waals surface area (Å²) in [5, 5.41) is -0.295. The van der Waals surface area contributed by atoms with E-state index in [0.717, 1.165) is 24.2 Å². The Bertz CT molecular complexity index is 347. The Morgan fingerprint density at radius 3 is 2.79 bits per heavy atom. The molecule has 0 spiro atoms. The van der Waals surface area contributed by atoms with Crippen molar-refractivity contribution >= 4 is 7.60 Å². The monoisotopic (exact) mass is 216 g/mol. The Labute approximate surface area is 85.0 Å². The molecule has 2 bridgehead atoms. The van der Waals surface area contributed by atoms with Crippen LogP contribution in [0, 0.1) is 0 Å². The number of hydrogen-bond acceptors (Lipinski definition) is 3. The summed E-state index contributed by atoms with van der Waals surface area (Å²) in [5.74, 6) is 0.793. The molecule has 0 amide bonds. The normalized spacial score (nSPS) is 46.7. The minimum absolute atomic E-state index is 0.0135. The van der Waals surface area contributed by atoms with Crippen molar-refractivity contribution in [3.8, 4) is 0 Å². The van der Waals surface area contributed by atoms with Crippen molar-refractivity contribution < 1.29 is 13.6 Å². The van der Waals surface area contributed by atoms with Gasteiger partial charge in [-0.25, -0.2) is 4.57 Å². The molecule has 2 rings (SSSR count). The molecule has 0 aromatic rings. The maximum absolute atomic E-state index is 12.4. The largest absolute Gasteiger partial charge is 0.429 e. The Morgan fingerprint density at radius 2 is 2.21 bits per heavy atom. The van der Waals surface area contributed by atoms with Gasteiger partial charge in [-0.2, -0.15) is 0 Å². The first kappa shape index (κ1) is 10.3. The number of allylic oxidation sites excluding steroid dienone is 1. The van der Waals surface area contributed by atoms with Gasteiger partial charge in [-0.1, -0.05) is 6.92 Å². The third-order valence-corrected chi connectivity index (χ3v) is 6.48. The maximum atomic E-state index is 12.4. The summed E-state index contributed by atoms with van der Waals surface area (Å²) in [5.41, 5.74) is 1.09. The van der Waals surface area contributed by atoms with Crippen LogP contribution in [0.5, 0.6) is 0 Å². The highest BCUT2D eigenvalue weighted by atomic mass is 31.2. The van der Waals surface area contributed by atoms with E-state index in [2.05, 4.69) is 0 Å². The molecule has 0 N–H and O–H groups in total. The second-order valence-corrected chi connectivity index (χ2v) is 6.94. The van der Waals surface area contributed by atoms with Gasteiger partial charge < -0.3 is 4.52 Å². The summed E-state index contributed by atoms with van der Waals surface area (Å²) < 4.78 is 23.5. The van der Waals surface area contributed by atoms with Crippen molar-refractivity contribution in [2.24, 2.45) is 0 Å². The van der Waals surface area contributed by atoms with E-state index < -0.39 is 7.60 Å². The zero-order chi connectivity index (χ0) is 10.6. The summed E-state index contributed by atoms with van der Waals surface area (Å²) in [7, 11) is -2.89. The number of hydrogen-bond donors (Lipinski definition) is 0. The predicted octanol–water partition coefficient (Wildman–Crippen LogP) is 3.46. The Hall–Kier alpha value is -0.270. The van der Waals surface area contributed by atoms with Crippen LogP contribution in [0.2, 0.25) is 0 Å². The van der Waals surface area contributed by atoms with Gasteiger partial charge in [0.2, 0.25) is 0 Å². The second-order valence-electron chi connectivity index (χ2n) is 4.48. The molecule has 4 heteroatoms. The van der Waals surface area contributed by atoms with Crippen LogP contribution in [0.25, 0.3) is 0 Å². The van der Waals surface area contributed by atoms with Gasteiger partial charge in [0.15, 0.2) is 0 Å². The summed E-state index contributed by atoms with van der Waals surface area (Å²) in [6, 6.07) is 0. The van der Waals surface area contributed by atoms with Gasteiger partial charge in [0.05, 0.1) is 11.3 Å². The highest BCUT2D eigenvalue weighted by Gasteiger charge is 2.58. The molecule has 1 fully saturated rings. The summed E-state index contributed by atoms with van der Waals surface area (Å²) in [4.78, 5) is 0. The van der Waals surface area contributed by atoms with E-state index in [1.165, 1.54) is 0 Å². The van der Waals surface area contributed by atoms with Crippen LogP contribution >= 0.6 is 7.60 Å². The van der Waals surface area contributed by atoms with Gasteiger partial charge >= 0.3 is 7.60 Å². The van der Waals surface area contributed by atoms with E-state index in [1.807, 2.05) is 27.7 Å². The smallest absolute Gasteiger partial charge is 0.385 e. The molecule has 2 aliphatic heterocycles. The quantitative estimate of drug-likeness (QED) is 0.629. The highest BCUT2D eigenvalue weighted by Crippen LogP contribution is 2.72. The fourth-order valence-corrected chi connectivity index (χ4v) is 4.39. The second kappa shape index (κ2) is 2.86. The Balaban J connectivity index is 2.44. The molecule has 80 valence electrons. The molecule has 0 aromatic heterocycles. The minimum atomic E-state index is -2.89. The van der Waals surface area contributed by atoms with Crippen molar-refractivity contribution in [2.75, 3.05) is 0 Å². The average Bonchev–Trinajstić information content (AvgIpc) is 2.34. The zero-order valence-corrected chi connectivity index (χ0v) is 10.1. The van der Waals surface area contributed by atoms with Crippen LogP contribution in [-0.2, 0) is 13.6 Å². The molecule has 3 nitrogen and oxygen atoms in total. The first-order chi connectivity index (χ1) is 6.42. The van der Waals surface area contributed by atoms with Crippen molar-refractivity contribution in [2.45, 2.75) is 51.8 Å². The van der Waals surface area contributed by atoms with Crippen LogP contribution in [0.4, 0.5) is 0 Å². The topological polar surface area (TPSA) is 35.5 Å². The van der Waals surface area contributed by atoms with Crippen molar-refractivity contribution in [1.29, 1.82) is 0 Å². The van der Waals surface area contributed by atoms with Crippen LogP contribution in [0.15, 0.2) is 11.3 Å². The molecule has 0 saturated carbocycles. The van der Waals surface area contributed by atoms with Gasteiger partial charge in [-0.3, -0.25) is 4.52 Å². The van der Waals surface area contributed by atoms with Gasteiger partial charge in [0, 0.05) is 0 Å². The number of rotatable bonds is 1. The van der Waals surface area contributed by atoms with Gasteiger partial charge in [-0.05, 0) is 39.2 Å². The Morgan fingerprint density at radius 1 is 1.57 bits per heavy atom. The van der Waals surface area contributed by atoms with Gasteiger partial charge in [0.25, 0.3) is 0 Å². The lowest BCUT2D eigenvalue weighted by atomic mass is 9.96. The van der Waals surface area contributed by atoms with Crippen molar-refractivity contribution in [1.82, 2.24) is 0 Å². The molecule has 0 aliphatic carbocycles. The molecular formula is C10H17O3P.